The molecule has 4 nitrogen and oxygen atoms in total. The lowest BCUT2D eigenvalue weighted by molar-refractivity contribution is 0.590. The third-order valence-corrected chi connectivity index (χ3v) is 25.3. The van der Waals surface area contributed by atoms with Crippen molar-refractivity contribution in [1.29, 1.82) is 0 Å². The zero-order valence-corrected chi connectivity index (χ0v) is 74.2. The Morgan fingerprint density at radius 1 is 0.186 bits per heavy atom. The Bertz CT molecular complexity index is 6070. The minimum Gasteiger partial charge on any atom is -0.354 e. The first-order valence-electron chi connectivity index (χ1n) is 42.8. The number of aromatic nitrogens is 4. The molecule has 17 rings (SSSR count). The Morgan fingerprint density at radius 2 is 0.364 bits per heavy atom. The largest absolute Gasteiger partial charge is 0.354 e. The maximum Gasteiger partial charge on any atom is 0.0544 e. The molecule has 0 bridgehead atoms. The number of benzene rings is 13. The monoisotopic (exact) mass is 1540 g/mol. The normalized spacial score (nSPS) is 13.1. The van der Waals surface area contributed by atoms with Crippen molar-refractivity contribution in [2.45, 2.75) is 209 Å². The van der Waals surface area contributed by atoms with Crippen LogP contribution >= 0.6 is 0 Å². The SMILES string of the molecule is CC(C)(C)c1ccc2[nH]c3c(-c4ccc(C(=Cc5ccc(C=C(c6ccc(-c7cc(C(C)(C)C)cc8c7[nH]c7ccc(C(C)(C)C)cc78)cc6)c6ccc(-c7cc(C(C)(C)C)cc8c7[nH]c7ccc(C(C)(C)C)cc78)cc6)cc5)c5ccc(-c6cc(C(C)(C)C)cc7c6[nH]c6ccc(C(C)(C)C)cc67)cc5)cc4)cc(C(C)(C)C)cc3c2c1. The Morgan fingerprint density at radius 3 is 0.542 bits per heavy atom. The summed E-state index contributed by atoms with van der Waals surface area (Å²) in [6.07, 6.45) is 4.79. The summed E-state index contributed by atoms with van der Waals surface area (Å²) in [5.41, 5.74) is 38.3. The minimum atomic E-state index is -0.0712. The van der Waals surface area contributed by atoms with E-state index in [2.05, 4.69) is 441 Å². The van der Waals surface area contributed by atoms with Crippen LogP contribution in [0.2, 0.25) is 0 Å². The Labute approximate surface area is 700 Å². The van der Waals surface area contributed by atoms with E-state index in [0.29, 0.717) is 0 Å². The van der Waals surface area contributed by atoms with Crippen LogP contribution in [-0.4, -0.2) is 19.9 Å². The number of H-pyrrole nitrogens is 4. The predicted octanol–water partition coefficient (Wildman–Crippen LogP) is 32.5. The molecule has 4 heterocycles. The van der Waals surface area contributed by atoms with Gasteiger partial charge in [0.15, 0.2) is 0 Å². The van der Waals surface area contributed by atoms with E-state index in [1.807, 2.05) is 0 Å². The van der Waals surface area contributed by atoms with Gasteiger partial charge in [0.05, 0.1) is 22.1 Å². The van der Waals surface area contributed by atoms with Crippen LogP contribution in [0.5, 0.6) is 0 Å². The summed E-state index contributed by atoms with van der Waals surface area (Å²) in [7, 11) is 0. The van der Waals surface area contributed by atoms with E-state index >= 15 is 0 Å². The second-order valence-electron chi connectivity index (χ2n) is 42.4. The lowest BCUT2D eigenvalue weighted by atomic mass is 9.83. The van der Waals surface area contributed by atoms with Crippen molar-refractivity contribution in [2.75, 3.05) is 0 Å². The molecule has 0 atom stereocenters. The molecule has 594 valence electrons. The molecule has 4 aromatic heterocycles. The number of hydrogen-bond donors (Lipinski definition) is 4. The molecule has 17 aromatic rings. The fraction of sp³-hybridized carbons (Fsp3) is 0.281. The maximum atomic E-state index is 3.92. The summed E-state index contributed by atoms with van der Waals surface area (Å²) in [4.78, 5) is 15.7. The summed E-state index contributed by atoms with van der Waals surface area (Å²) in [5.74, 6) is 0. The zero-order chi connectivity index (χ0) is 83.6. The molecule has 0 saturated carbocycles. The van der Waals surface area contributed by atoms with Crippen LogP contribution in [0.1, 0.15) is 244 Å². The topological polar surface area (TPSA) is 63.2 Å². The highest BCUT2D eigenvalue weighted by Crippen LogP contribution is 2.47. The molecule has 118 heavy (non-hydrogen) atoms. The van der Waals surface area contributed by atoms with Gasteiger partial charge < -0.3 is 19.9 Å². The molecule has 0 radical (unpaired) electrons. The highest BCUT2D eigenvalue weighted by Gasteiger charge is 2.28. The first-order chi connectivity index (χ1) is 55.4. The van der Waals surface area contributed by atoms with Gasteiger partial charge in [0.2, 0.25) is 0 Å². The molecule has 0 amide bonds. The van der Waals surface area contributed by atoms with Crippen molar-refractivity contribution in [3.63, 3.8) is 0 Å². The second-order valence-corrected chi connectivity index (χ2v) is 42.4. The smallest absolute Gasteiger partial charge is 0.0544 e. The van der Waals surface area contributed by atoms with Crippen LogP contribution in [0.4, 0.5) is 0 Å². The Balaban J connectivity index is 0.801. The van der Waals surface area contributed by atoms with Crippen LogP contribution in [0.25, 0.3) is 155 Å². The summed E-state index contributed by atoms with van der Waals surface area (Å²) >= 11 is 0. The van der Waals surface area contributed by atoms with Crippen LogP contribution in [-0.2, 0) is 43.3 Å². The van der Waals surface area contributed by atoms with Crippen LogP contribution < -0.4 is 0 Å². The van der Waals surface area contributed by atoms with Crippen molar-refractivity contribution in [2.24, 2.45) is 0 Å². The van der Waals surface area contributed by atoms with Crippen molar-refractivity contribution in [3.8, 4) is 44.5 Å². The number of fused-ring (bicyclic) bond motifs is 12. The number of nitrogens with one attached hydrogen (secondary N) is 4. The maximum absolute atomic E-state index is 3.92. The molecule has 0 aliphatic carbocycles. The van der Waals surface area contributed by atoms with Crippen LogP contribution in [0.15, 0.2) is 243 Å². The Kier molecular flexibility index (Phi) is 18.8. The molecular weight excluding hydrogens is 1430 g/mol. The van der Waals surface area contributed by atoms with Gasteiger partial charge in [-0.25, -0.2) is 0 Å². The first kappa shape index (κ1) is 79.0. The fourth-order valence-electron chi connectivity index (χ4n) is 17.5. The highest BCUT2D eigenvalue weighted by atomic mass is 14.7. The van der Waals surface area contributed by atoms with Gasteiger partial charge in [-0.05, 0) is 264 Å². The van der Waals surface area contributed by atoms with E-state index in [1.54, 1.807) is 0 Å². The van der Waals surface area contributed by atoms with Crippen LogP contribution in [0, 0.1) is 0 Å². The molecule has 0 saturated heterocycles. The van der Waals surface area contributed by atoms with Gasteiger partial charge in [-0.3, -0.25) is 0 Å². The third kappa shape index (κ3) is 14.9. The summed E-state index contributed by atoms with van der Waals surface area (Å²) in [6.45, 7) is 55.6. The molecule has 4 N–H and O–H groups in total. The van der Waals surface area contributed by atoms with Gasteiger partial charge in [-0.15, -0.1) is 0 Å². The number of rotatable bonds is 10. The molecule has 4 heteroatoms. The van der Waals surface area contributed by atoms with Crippen LogP contribution in [0.3, 0.4) is 0 Å². The number of hydrogen-bond acceptors (Lipinski definition) is 0. The molecule has 0 spiro atoms. The van der Waals surface area contributed by atoms with Gasteiger partial charge in [0.1, 0.15) is 0 Å². The molecule has 0 aliphatic rings. The Hall–Kier alpha value is -11.5. The number of aromatic amines is 4. The van der Waals surface area contributed by atoms with Gasteiger partial charge >= 0.3 is 0 Å². The van der Waals surface area contributed by atoms with E-state index in [9.17, 15) is 0 Å². The summed E-state index contributed by atoms with van der Waals surface area (Å²) in [6, 6.07) is 94.1. The lowest BCUT2D eigenvalue weighted by Crippen LogP contribution is -2.11. The highest BCUT2D eigenvalue weighted by molar-refractivity contribution is 6.16. The van der Waals surface area contributed by atoms with Gasteiger partial charge in [-0.1, -0.05) is 312 Å². The molecule has 0 aliphatic heterocycles. The molecular formula is C114H118N4. The summed E-state index contributed by atoms with van der Waals surface area (Å²) in [5, 5.41) is 10.1. The van der Waals surface area contributed by atoms with Gasteiger partial charge in [0.25, 0.3) is 0 Å². The van der Waals surface area contributed by atoms with E-state index in [4.69, 9.17) is 0 Å². The zero-order valence-electron chi connectivity index (χ0n) is 74.2. The van der Waals surface area contributed by atoms with Crippen molar-refractivity contribution >= 4 is 111 Å². The van der Waals surface area contributed by atoms with E-state index < -0.39 is 0 Å². The molecule has 13 aromatic carbocycles. The molecule has 0 fully saturated rings. The van der Waals surface area contributed by atoms with Crippen molar-refractivity contribution < 1.29 is 0 Å². The van der Waals surface area contributed by atoms with Crippen molar-refractivity contribution in [3.05, 3.63) is 321 Å². The van der Waals surface area contributed by atoms with E-state index in [1.165, 1.54) is 154 Å². The minimum absolute atomic E-state index is 0.0190. The third-order valence-electron chi connectivity index (χ3n) is 25.3. The molecule has 0 unspecified atom stereocenters. The quantitative estimate of drug-likeness (QED) is 0.0987. The average Bonchev–Trinajstić information content (AvgIpc) is 1.61. The van der Waals surface area contributed by atoms with Crippen molar-refractivity contribution in [1.82, 2.24) is 19.9 Å². The van der Waals surface area contributed by atoms with E-state index in [-0.39, 0.29) is 43.3 Å². The second kappa shape index (κ2) is 28.1. The lowest BCUT2D eigenvalue weighted by Gasteiger charge is -2.21. The fourth-order valence-corrected chi connectivity index (χ4v) is 17.5. The van der Waals surface area contributed by atoms with Gasteiger partial charge in [-0.2, -0.15) is 0 Å². The summed E-state index contributed by atoms with van der Waals surface area (Å²) < 4.78 is 0. The van der Waals surface area contributed by atoms with Gasteiger partial charge in [0, 0.05) is 87.4 Å². The average molecular weight is 1540 g/mol. The first-order valence-corrected chi connectivity index (χ1v) is 42.8. The van der Waals surface area contributed by atoms with E-state index in [0.717, 1.165) is 66.6 Å². The predicted molar refractivity (Wildman–Crippen MR) is 515 cm³/mol. The standard InChI is InChI=1S/C114H118N4/c1-107(2,3)77-45-49-99-91(55-77)95-63-81(111(13,14)15)59-87(103(95)115-99)73-37-29-69(30-38-73)85(70-31-39-74(40-32-70)88-60-82(112(16,17)18)64-96-92-56-78(108(4,5)6)46-50-100(92)116-104(88)96)53-67-25-27-68(28-26-67)54-86(71-33-41-75(42-34-71)89-61-83(113(19,20)21)65-97-93-57-79(109(7,8)9)47-51-101(93)117-105(89)97)72-35-43-76(44-36-72)90-62-84(114(22,23)24)66-98-94-58-80(110(10,11)12)48-52-102(94)118-106(90)98/h25-66,115-118H,1-24H3.